The first-order chi connectivity index (χ1) is 8.19. The summed E-state index contributed by atoms with van der Waals surface area (Å²) in [7, 11) is 0. The van der Waals surface area contributed by atoms with Crippen LogP contribution in [0.5, 0.6) is 0 Å². The summed E-state index contributed by atoms with van der Waals surface area (Å²) >= 11 is 1.48. The van der Waals surface area contributed by atoms with Gasteiger partial charge in [-0.3, -0.25) is 4.79 Å². The molecule has 1 aromatic heterocycles. The molecule has 0 aliphatic carbocycles. The van der Waals surface area contributed by atoms with Crippen LogP contribution in [0.3, 0.4) is 0 Å². The Morgan fingerprint density at radius 1 is 1.33 bits per heavy atom. The van der Waals surface area contributed by atoms with Crippen molar-refractivity contribution in [1.82, 2.24) is 4.98 Å². The second kappa shape index (κ2) is 6.52. The fraction of sp³-hybridized carbons (Fsp3) is 0.231. The zero-order valence-electron chi connectivity index (χ0n) is 9.89. The molecule has 0 amide bonds. The normalized spacial score (nSPS) is 9.83. The Kier molecular flexibility index (Phi) is 5.31. The van der Waals surface area contributed by atoms with E-state index in [0.29, 0.717) is 5.69 Å². The lowest BCUT2D eigenvalue weighted by Gasteiger charge is -1.98. The summed E-state index contributed by atoms with van der Waals surface area (Å²) in [5.41, 5.74) is 2.96. The van der Waals surface area contributed by atoms with E-state index in [2.05, 4.69) is 24.0 Å². The van der Waals surface area contributed by atoms with Gasteiger partial charge in [-0.25, -0.2) is 4.98 Å². The number of nitrogens with zero attached hydrogens (tertiary/aromatic N) is 1. The Morgan fingerprint density at radius 3 is 2.56 bits per heavy atom. The highest BCUT2D eigenvalue weighted by Gasteiger charge is 2.07. The van der Waals surface area contributed by atoms with E-state index in [4.69, 9.17) is 5.11 Å². The number of aliphatic carboxylic acids is 1. The van der Waals surface area contributed by atoms with Crippen molar-refractivity contribution >= 4 is 17.3 Å². The second-order valence-electron chi connectivity index (χ2n) is 3.76. The van der Waals surface area contributed by atoms with E-state index in [9.17, 15) is 4.79 Å². The molecule has 0 spiro atoms. The van der Waals surface area contributed by atoms with Crippen molar-refractivity contribution in [1.29, 1.82) is 0 Å². The maximum Gasteiger partial charge on any atom is 0.309 e. The maximum absolute atomic E-state index is 10.6. The quantitative estimate of drug-likeness (QED) is 0.859. The molecule has 1 N–H and O–H groups in total. The third kappa shape index (κ3) is 3.55. The number of hydrogen-bond donors (Lipinski definition) is 1. The molecule has 0 radical (unpaired) electrons. The largest absolute Gasteiger partial charge is 1.00 e. The van der Waals surface area contributed by atoms with Gasteiger partial charge in [-0.1, -0.05) is 31.2 Å². The summed E-state index contributed by atoms with van der Waals surface area (Å²) in [6.07, 6.45) is 1.01. The van der Waals surface area contributed by atoms with Gasteiger partial charge in [0.2, 0.25) is 0 Å². The van der Waals surface area contributed by atoms with Crippen molar-refractivity contribution < 1.29 is 22.3 Å². The van der Waals surface area contributed by atoms with Gasteiger partial charge in [-0.05, 0) is 12.0 Å². The molecule has 2 aromatic rings. The number of aryl methyl sites for hydroxylation is 1. The average molecular weight is 283 g/mol. The first-order valence-corrected chi connectivity index (χ1v) is 6.32. The van der Waals surface area contributed by atoms with Crippen molar-refractivity contribution in [2.24, 2.45) is 0 Å². The molecule has 0 saturated carbocycles. The molecular formula is C13H13ClNO2S-. The number of aromatic nitrogens is 1. The number of halogens is 1. The topological polar surface area (TPSA) is 50.2 Å². The minimum Gasteiger partial charge on any atom is -1.00 e. The fourth-order valence-electron chi connectivity index (χ4n) is 1.56. The number of carboxylic acids is 1. The Hall–Kier alpha value is -1.39. The van der Waals surface area contributed by atoms with Crippen molar-refractivity contribution in [2.75, 3.05) is 0 Å². The van der Waals surface area contributed by atoms with Gasteiger partial charge in [-0.2, -0.15) is 0 Å². The van der Waals surface area contributed by atoms with Gasteiger partial charge in [0.05, 0.1) is 12.1 Å². The van der Waals surface area contributed by atoms with Gasteiger partial charge in [0.1, 0.15) is 5.01 Å². The molecule has 0 aliphatic rings. The third-order valence-electron chi connectivity index (χ3n) is 2.49. The van der Waals surface area contributed by atoms with Gasteiger partial charge in [0, 0.05) is 10.9 Å². The van der Waals surface area contributed by atoms with Crippen LogP contribution in [0.2, 0.25) is 0 Å². The SMILES string of the molecule is CCc1ccc(-c2nc(CC(=O)O)cs2)cc1.[Cl-]. The lowest BCUT2D eigenvalue weighted by Crippen LogP contribution is -3.00. The molecule has 0 atom stereocenters. The molecule has 0 aliphatic heterocycles. The summed E-state index contributed by atoms with van der Waals surface area (Å²) in [6, 6.07) is 8.21. The average Bonchev–Trinajstić information content (AvgIpc) is 2.77. The molecule has 18 heavy (non-hydrogen) atoms. The van der Waals surface area contributed by atoms with Crippen LogP contribution in [0.15, 0.2) is 29.6 Å². The predicted molar refractivity (Wildman–Crippen MR) is 68.3 cm³/mol. The number of hydrogen-bond acceptors (Lipinski definition) is 3. The van der Waals surface area contributed by atoms with Gasteiger partial charge < -0.3 is 17.5 Å². The van der Waals surface area contributed by atoms with E-state index in [-0.39, 0.29) is 18.8 Å². The molecular weight excluding hydrogens is 270 g/mol. The molecule has 0 fully saturated rings. The van der Waals surface area contributed by atoms with Gasteiger partial charge in [0.25, 0.3) is 0 Å². The van der Waals surface area contributed by atoms with Crippen LogP contribution >= 0.6 is 11.3 Å². The van der Waals surface area contributed by atoms with E-state index in [1.54, 1.807) is 5.38 Å². The molecule has 1 aromatic carbocycles. The lowest BCUT2D eigenvalue weighted by atomic mass is 10.1. The van der Waals surface area contributed by atoms with Crippen LogP contribution in [0, 0.1) is 0 Å². The molecule has 1 heterocycles. The molecule has 96 valence electrons. The molecule has 0 unspecified atom stereocenters. The predicted octanol–water partition coefficient (Wildman–Crippen LogP) is 0.00360. The highest BCUT2D eigenvalue weighted by molar-refractivity contribution is 7.13. The van der Waals surface area contributed by atoms with Crippen molar-refractivity contribution in [3.8, 4) is 10.6 Å². The number of thiazole rings is 1. The molecule has 3 nitrogen and oxygen atoms in total. The highest BCUT2D eigenvalue weighted by atomic mass is 35.5. The van der Waals surface area contributed by atoms with Crippen LogP contribution in [-0.2, 0) is 17.6 Å². The monoisotopic (exact) mass is 282 g/mol. The lowest BCUT2D eigenvalue weighted by molar-refractivity contribution is -0.136. The summed E-state index contributed by atoms with van der Waals surface area (Å²) in [5.74, 6) is -0.844. The van der Waals surface area contributed by atoms with Crippen LogP contribution < -0.4 is 12.4 Å². The van der Waals surface area contributed by atoms with Crippen LogP contribution in [0.25, 0.3) is 10.6 Å². The maximum atomic E-state index is 10.6. The standard InChI is InChI=1S/C13H13NO2S.ClH/c1-2-9-3-5-10(6-4-9)13-14-11(8-17-13)7-12(15)16;/h3-6,8H,2,7H2,1H3,(H,15,16);1H/p-1. The number of carbonyl (C=O) groups is 1. The van der Waals surface area contributed by atoms with E-state index in [0.717, 1.165) is 17.0 Å². The number of carboxylic acid groups (broad SMARTS) is 1. The highest BCUT2D eigenvalue weighted by Crippen LogP contribution is 2.24. The summed E-state index contributed by atoms with van der Waals surface area (Å²) < 4.78 is 0. The molecule has 0 saturated heterocycles. The Labute approximate surface area is 116 Å². The minimum absolute atomic E-state index is 0. The van der Waals surface area contributed by atoms with Crippen LogP contribution in [0.4, 0.5) is 0 Å². The molecule has 5 heteroatoms. The third-order valence-corrected chi connectivity index (χ3v) is 3.43. The van der Waals surface area contributed by atoms with Crippen molar-refractivity contribution in [2.45, 2.75) is 19.8 Å². The zero-order chi connectivity index (χ0) is 12.3. The Balaban J connectivity index is 0.00000162. The Morgan fingerprint density at radius 2 is 2.00 bits per heavy atom. The minimum atomic E-state index is -0.844. The zero-order valence-corrected chi connectivity index (χ0v) is 11.5. The van der Waals surface area contributed by atoms with Gasteiger partial charge >= 0.3 is 5.97 Å². The van der Waals surface area contributed by atoms with Crippen LogP contribution in [0.1, 0.15) is 18.2 Å². The van der Waals surface area contributed by atoms with Crippen LogP contribution in [-0.4, -0.2) is 16.1 Å². The first kappa shape index (κ1) is 14.7. The first-order valence-electron chi connectivity index (χ1n) is 5.44. The van der Waals surface area contributed by atoms with Crippen molar-refractivity contribution in [3.63, 3.8) is 0 Å². The number of benzene rings is 1. The molecule has 0 bridgehead atoms. The molecule has 2 rings (SSSR count). The smallest absolute Gasteiger partial charge is 0.309 e. The van der Waals surface area contributed by atoms with E-state index < -0.39 is 5.97 Å². The van der Waals surface area contributed by atoms with E-state index >= 15 is 0 Å². The van der Waals surface area contributed by atoms with Crippen molar-refractivity contribution in [3.05, 3.63) is 40.9 Å². The number of rotatable bonds is 4. The Bertz CT molecular complexity index is 522. The summed E-state index contributed by atoms with van der Waals surface area (Å²) in [6.45, 7) is 2.11. The van der Waals surface area contributed by atoms with E-state index in [1.807, 2.05) is 12.1 Å². The second-order valence-corrected chi connectivity index (χ2v) is 4.62. The summed E-state index contributed by atoms with van der Waals surface area (Å²) in [5, 5.41) is 11.4. The van der Waals surface area contributed by atoms with Gasteiger partial charge in [0.15, 0.2) is 0 Å². The summed E-state index contributed by atoms with van der Waals surface area (Å²) in [4.78, 5) is 14.9. The fourth-order valence-corrected chi connectivity index (χ4v) is 2.38. The van der Waals surface area contributed by atoms with Gasteiger partial charge in [-0.15, -0.1) is 11.3 Å². The van der Waals surface area contributed by atoms with E-state index in [1.165, 1.54) is 16.9 Å².